The lowest BCUT2D eigenvalue weighted by Crippen LogP contribution is -2.35. The molecule has 1 aliphatic carbocycles. The molecule has 104 valence electrons. The SMILES string of the molecule is COc1nccnc1C(=O)CC1(CN)CCCCC1. The molecule has 5 nitrogen and oxygen atoms in total. The average molecular weight is 263 g/mol. The van der Waals surface area contributed by atoms with Crippen LogP contribution >= 0.6 is 0 Å². The van der Waals surface area contributed by atoms with Crippen molar-refractivity contribution in [2.45, 2.75) is 38.5 Å². The number of hydrogen-bond acceptors (Lipinski definition) is 5. The number of methoxy groups -OCH3 is 1. The summed E-state index contributed by atoms with van der Waals surface area (Å²) in [5.74, 6) is 0.285. The first-order chi connectivity index (χ1) is 9.21. The molecule has 0 bridgehead atoms. The number of ether oxygens (including phenoxy) is 1. The van der Waals surface area contributed by atoms with Crippen molar-refractivity contribution in [2.24, 2.45) is 11.1 Å². The molecule has 1 saturated carbocycles. The zero-order chi connectivity index (χ0) is 13.7. The molecule has 0 amide bonds. The van der Waals surface area contributed by atoms with Gasteiger partial charge in [-0.3, -0.25) is 4.79 Å². The normalized spacial score (nSPS) is 18.0. The Bertz CT molecular complexity index is 442. The van der Waals surface area contributed by atoms with Gasteiger partial charge in [0.15, 0.2) is 11.5 Å². The van der Waals surface area contributed by atoms with Gasteiger partial charge in [0.05, 0.1) is 7.11 Å². The number of carbonyl (C=O) groups excluding carboxylic acids is 1. The molecule has 0 unspecified atom stereocenters. The summed E-state index contributed by atoms with van der Waals surface area (Å²) in [5, 5.41) is 0. The Morgan fingerprint density at radius 3 is 2.63 bits per heavy atom. The molecule has 1 fully saturated rings. The van der Waals surface area contributed by atoms with E-state index in [-0.39, 0.29) is 11.2 Å². The van der Waals surface area contributed by atoms with Gasteiger partial charge in [0.1, 0.15) is 0 Å². The van der Waals surface area contributed by atoms with Gasteiger partial charge in [0.25, 0.3) is 0 Å². The van der Waals surface area contributed by atoms with Crippen molar-refractivity contribution in [3.63, 3.8) is 0 Å². The summed E-state index contributed by atoms with van der Waals surface area (Å²) in [6.45, 7) is 0.557. The van der Waals surface area contributed by atoms with Crippen LogP contribution in [-0.2, 0) is 0 Å². The molecular formula is C14H21N3O2. The highest BCUT2D eigenvalue weighted by Gasteiger charge is 2.34. The second kappa shape index (κ2) is 6.10. The van der Waals surface area contributed by atoms with Crippen molar-refractivity contribution >= 4 is 5.78 Å². The highest BCUT2D eigenvalue weighted by Crippen LogP contribution is 2.39. The van der Waals surface area contributed by atoms with Crippen LogP contribution in [0.15, 0.2) is 12.4 Å². The van der Waals surface area contributed by atoms with Crippen molar-refractivity contribution in [3.05, 3.63) is 18.1 Å². The zero-order valence-corrected chi connectivity index (χ0v) is 11.4. The molecule has 1 aromatic rings. The Balaban J connectivity index is 2.15. The lowest BCUT2D eigenvalue weighted by atomic mass is 9.71. The van der Waals surface area contributed by atoms with Gasteiger partial charge in [-0.15, -0.1) is 0 Å². The lowest BCUT2D eigenvalue weighted by molar-refractivity contribution is 0.0859. The van der Waals surface area contributed by atoms with Gasteiger partial charge < -0.3 is 10.5 Å². The average Bonchev–Trinajstić information content (AvgIpc) is 2.48. The number of carbonyl (C=O) groups is 1. The molecule has 0 aromatic carbocycles. The predicted molar refractivity (Wildman–Crippen MR) is 72.1 cm³/mol. The van der Waals surface area contributed by atoms with Crippen molar-refractivity contribution in [2.75, 3.05) is 13.7 Å². The monoisotopic (exact) mass is 263 g/mol. The smallest absolute Gasteiger partial charge is 0.243 e. The quantitative estimate of drug-likeness (QED) is 0.822. The summed E-state index contributed by atoms with van der Waals surface area (Å²) in [6, 6.07) is 0. The molecular weight excluding hydrogens is 242 g/mol. The minimum Gasteiger partial charge on any atom is -0.479 e. The maximum atomic E-state index is 12.4. The van der Waals surface area contributed by atoms with E-state index >= 15 is 0 Å². The molecule has 0 radical (unpaired) electrons. The fraction of sp³-hybridized carbons (Fsp3) is 0.643. The minimum atomic E-state index is -0.0577. The van der Waals surface area contributed by atoms with E-state index in [0.717, 1.165) is 25.7 Å². The van der Waals surface area contributed by atoms with Crippen molar-refractivity contribution in [1.29, 1.82) is 0 Å². The maximum absolute atomic E-state index is 12.4. The number of nitrogens with two attached hydrogens (primary N) is 1. The van der Waals surface area contributed by atoms with Crippen LogP contribution in [0, 0.1) is 5.41 Å². The zero-order valence-electron chi connectivity index (χ0n) is 11.4. The van der Waals surface area contributed by atoms with E-state index in [2.05, 4.69) is 9.97 Å². The van der Waals surface area contributed by atoms with Gasteiger partial charge >= 0.3 is 0 Å². The molecule has 19 heavy (non-hydrogen) atoms. The van der Waals surface area contributed by atoms with Gasteiger partial charge in [0.2, 0.25) is 5.88 Å². The summed E-state index contributed by atoms with van der Waals surface area (Å²) in [5.41, 5.74) is 6.18. The van der Waals surface area contributed by atoms with Crippen LogP contribution in [0.5, 0.6) is 5.88 Å². The Labute approximate surface area is 113 Å². The molecule has 0 atom stereocenters. The molecule has 2 rings (SSSR count). The third kappa shape index (κ3) is 3.10. The molecule has 1 aliphatic rings. The summed E-state index contributed by atoms with van der Waals surface area (Å²) >= 11 is 0. The minimum absolute atomic E-state index is 0.0164. The van der Waals surface area contributed by atoms with Crippen LogP contribution < -0.4 is 10.5 Å². The first-order valence-corrected chi connectivity index (χ1v) is 6.79. The van der Waals surface area contributed by atoms with E-state index in [0.29, 0.717) is 24.5 Å². The molecule has 0 spiro atoms. The summed E-state index contributed by atoms with van der Waals surface area (Å²) in [6.07, 6.45) is 9.09. The molecule has 0 saturated heterocycles. The van der Waals surface area contributed by atoms with Crippen molar-refractivity contribution < 1.29 is 9.53 Å². The summed E-state index contributed by atoms with van der Waals surface area (Å²) in [4.78, 5) is 20.5. The summed E-state index contributed by atoms with van der Waals surface area (Å²) < 4.78 is 5.10. The van der Waals surface area contributed by atoms with Crippen LogP contribution in [0.25, 0.3) is 0 Å². The van der Waals surface area contributed by atoms with Crippen LogP contribution in [0.2, 0.25) is 0 Å². The number of nitrogens with zero attached hydrogens (tertiary/aromatic N) is 2. The van der Waals surface area contributed by atoms with Gasteiger partial charge in [-0.05, 0) is 24.8 Å². The van der Waals surface area contributed by atoms with E-state index in [1.54, 1.807) is 0 Å². The van der Waals surface area contributed by atoms with Crippen LogP contribution in [0.4, 0.5) is 0 Å². The molecule has 1 aromatic heterocycles. The predicted octanol–water partition coefficient (Wildman–Crippen LogP) is 1.97. The lowest BCUT2D eigenvalue weighted by Gasteiger charge is -2.35. The van der Waals surface area contributed by atoms with E-state index in [4.69, 9.17) is 10.5 Å². The molecule has 2 N–H and O–H groups in total. The standard InChI is InChI=1S/C14H21N3O2/c1-19-13-12(16-7-8-17-13)11(18)9-14(10-15)5-3-2-4-6-14/h7-8H,2-6,9-10,15H2,1H3. The molecule has 0 aliphatic heterocycles. The Morgan fingerprint density at radius 2 is 2.00 bits per heavy atom. The van der Waals surface area contributed by atoms with E-state index in [1.165, 1.54) is 25.9 Å². The Morgan fingerprint density at radius 1 is 1.32 bits per heavy atom. The highest BCUT2D eigenvalue weighted by atomic mass is 16.5. The second-order valence-electron chi connectivity index (χ2n) is 5.28. The van der Waals surface area contributed by atoms with Crippen LogP contribution in [0.3, 0.4) is 0 Å². The fourth-order valence-electron chi connectivity index (χ4n) is 2.85. The van der Waals surface area contributed by atoms with Crippen molar-refractivity contribution in [1.82, 2.24) is 9.97 Å². The summed E-state index contributed by atoms with van der Waals surface area (Å²) in [7, 11) is 1.50. The highest BCUT2D eigenvalue weighted by molar-refractivity contribution is 5.96. The van der Waals surface area contributed by atoms with E-state index < -0.39 is 0 Å². The first-order valence-electron chi connectivity index (χ1n) is 6.79. The number of Topliss-reactive ketones (excluding diaryl/α,β-unsaturated/α-hetero) is 1. The van der Waals surface area contributed by atoms with Crippen LogP contribution in [0.1, 0.15) is 49.0 Å². The first kappa shape index (κ1) is 13.9. The third-order valence-electron chi connectivity index (χ3n) is 4.00. The Hall–Kier alpha value is -1.49. The third-order valence-corrected chi connectivity index (χ3v) is 4.00. The van der Waals surface area contributed by atoms with E-state index in [9.17, 15) is 4.79 Å². The molecule has 1 heterocycles. The fourth-order valence-corrected chi connectivity index (χ4v) is 2.85. The number of ketones is 1. The topological polar surface area (TPSA) is 78.1 Å². The van der Waals surface area contributed by atoms with Gasteiger partial charge in [-0.1, -0.05) is 19.3 Å². The van der Waals surface area contributed by atoms with Gasteiger partial charge in [-0.25, -0.2) is 9.97 Å². The number of aromatic nitrogens is 2. The van der Waals surface area contributed by atoms with Gasteiger partial charge in [0, 0.05) is 18.8 Å². The van der Waals surface area contributed by atoms with E-state index in [1.807, 2.05) is 0 Å². The van der Waals surface area contributed by atoms with Crippen LogP contribution in [-0.4, -0.2) is 29.4 Å². The van der Waals surface area contributed by atoms with Gasteiger partial charge in [-0.2, -0.15) is 0 Å². The van der Waals surface area contributed by atoms with Crippen molar-refractivity contribution in [3.8, 4) is 5.88 Å². The Kier molecular flexibility index (Phi) is 4.47. The number of hydrogen-bond donors (Lipinski definition) is 1. The number of rotatable bonds is 5. The second-order valence-corrected chi connectivity index (χ2v) is 5.28. The maximum Gasteiger partial charge on any atom is 0.243 e. The largest absolute Gasteiger partial charge is 0.479 e. The molecule has 5 heteroatoms.